The van der Waals surface area contributed by atoms with Crippen molar-refractivity contribution in [2.45, 2.75) is 65.0 Å². The standard InChI is InChI=1S/C18H29NO4S/c1-5-6-7-14(20)12(2)16(21)19-15-10-13-8-9-18(15,17(13,3)4)11-24(19,22)23/h5,12-15,20H,1,6-11H2,2-4H3/t12?,13?,14-,15+,18+/m1/s1. The third kappa shape index (κ3) is 2.22. The molecule has 1 spiro atoms. The quantitative estimate of drug-likeness (QED) is 0.768. The number of fused-ring (bicyclic) bond motifs is 1. The highest BCUT2D eigenvalue weighted by Crippen LogP contribution is 2.70. The van der Waals surface area contributed by atoms with E-state index >= 15 is 0 Å². The second kappa shape index (κ2) is 5.56. The fourth-order valence-electron chi connectivity index (χ4n) is 5.48. The van der Waals surface area contributed by atoms with Crippen molar-refractivity contribution in [2.75, 3.05) is 5.75 Å². The van der Waals surface area contributed by atoms with E-state index in [1.165, 1.54) is 0 Å². The van der Waals surface area contributed by atoms with Crippen molar-refractivity contribution >= 4 is 15.9 Å². The van der Waals surface area contributed by atoms with Gasteiger partial charge in [0.2, 0.25) is 15.9 Å². The summed E-state index contributed by atoms with van der Waals surface area (Å²) >= 11 is 0. The van der Waals surface area contributed by atoms with Gasteiger partial charge in [-0.15, -0.1) is 6.58 Å². The average Bonchev–Trinajstić information content (AvgIpc) is 2.98. The van der Waals surface area contributed by atoms with E-state index in [4.69, 9.17) is 0 Å². The summed E-state index contributed by atoms with van der Waals surface area (Å²) in [7, 11) is -3.61. The van der Waals surface area contributed by atoms with Gasteiger partial charge in [0.25, 0.3) is 0 Å². The molecule has 0 aromatic carbocycles. The van der Waals surface area contributed by atoms with Crippen molar-refractivity contribution in [2.24, 2.45) is 22.7 Å². The Morgan fingerprint density at radius 1 is 1.46 bits per heavy atom. The van der Waals surface area contributed by atoms with Gasteiger partial charge >= 0.3 is 0 Å². The minimum Gasteiger partial charge on any atom is -0.392 e. The van der Waals surface area contributed by atoms with Gasteiger partial charge in [0.1, 0.15) is 0 Å². The molecule has 1 heterocycles. The van der Waals surface area contributed by atoms with Gasteiger partial charge in [0.15, 0.2) is 0 Å². The molecule has 24 heavy (non-hydrogen) atoms. The maximum Gasteiger partial charge on any atom is 0.241 e. The molecule has 0 aromatic rings. The van der Waals surface area contributed by atoms with Gasteiger partial charge in [-0.25, -0.2) is 12.7 Å². The Balaban J connectivity index is 1.89. The van der Waals surface area contributed by atoms with E-state index in [-0.39, 0.29) is 22.6 Å². The summed E-state index contributed by atoms with van der Waals surface area (Å²) in [6, 6.07) is -0.224. The number of carbonyl (C=O) groups excluding carboxylic acids is 1. The first-order chi connectivity index (χ1) is 11.1. The summed E-state index contributed by atoms with van der Waals surface area (Å²) in [5.74, 6) is -0.585. The van der Waals surface area contributed by atoms with Crippen LogP contribution in [0, 0.1) is 22.7 Å². The van der Waals surface area contributed by atoms with Crippen LogP contribution in [0.1, 0.15) is 52.9 Å². The molecular weight excluding hydrogens is 326 g/mol. The van der Waals surface area contributed by atoms with E-state index in [9.17, 15) is 18.3 Å². The molecule has 1 N–H and O–H groups in total. The maximum absolute atomic E-state index is 13.0. The smallest absolute Gasteiger partial charge is 0.241 e. The summed E-state index contributed by atoms with van der Waals surface area (Å²) in [6.07, 6.45) is 4.59. The number of hydrogen-bond acceptors (Lipinski definition) is 4. The van der Waals surface area contributed by atoms with Crippen molar-refractivity contribution in [1.82, 2.24) is 4.31 Å². The molecule has 136 valence electrons. The van der Waals surface area contributed by atoms with Crippen molar-refractivity contribution in [3.05, 3.63) is 12.7 Å². The van der Waals surface area contributed by atoms with Crippen molar-refractivity contribution in [3.63, 3.8) is 0 Å². The van der Waals surface area contributed by atoms with Crippen LogP contribution in [-0.4, -0.2) is 41.6 Å². The molecule has 3 aliphatic rings. The number of hydrogen-bond donors (Lipinski definition) is 1. The first kappa shape index (κ1) is 17.9. The normalized spacial score (nSPS) is 37.9. The number of aliphatic hydroxyl groups excluding tert-OH is 1. The average molecular weight is 356 g/mol. The Labute approximate surface area is 145 Å². The minimum atomic E-state index is -3.61. The molecule has 6 heteroatoms. The Kier molecular flexibility index (Phi) is 4.15. The molecule has 1 saturated heterocycles. The van der Waals surface area contributed by atoms with Crippen LogP contribution in [0.4, 0.5) is 0 Å². The van der Waals surface area contributed by atoms with Crippen molar-refractivity contribution in [3.8, 4) is 0 Å². The second-order valence-electron chi connectivity index (χ2n) is 8.48. The van der Waals surface area contributed by atoms with Crippen LogP contribution >= 0.6 is 0 Å². The number of nitrogens with zero attached hydrogens (tertiary/aromatic N) is 1. The van der Waals surface area contributed by atoms with Crippen LogP contribution in [0.15, 0.2) is 12.7 Å². The molecule has 2 saturated carbocycles. The molecule has 2 aliphatic carbocycles. The summed E-state index contributed by atoms with van der Waals surface area (Å²) in [5.41, 5.74) is -0.359. The monoisotopic (exact) mass is 355 g/mol. The van der Waals surface area contributed by atoms with E-state index in [0.717, 1.165) is 23.6 Å². The predicted octanol–water partition coefficient (Wildman–Crippen LogP) is 2.32. The molecule has 2 bridgehead atoms. The van der Waals surface area contributed by atoms with E-state index in [1.807, 2.05) is 0 Å². The number of amides is 1. The van der Waals surface area contributed by atoms with E-state index in [0.29, 0.717) is 18.8 Å². The molecule has 5 nitrogen and oxygen atoms in total. The first-order valence-corrected chi connectivity index (χ1v) is 10.5. The van der Waals surface area contributed by atoms with Crippen LogP contribution in [-0.2, 0) is 14.8 Å². The largest absolute Gasteiger partial charge is 0.392 e. The Morgan fingerprint density at radius 2 is 2.12 bits per heavy atom. The lowest BCUT2D eigenvalue weighted by Crippen LogP contribution is -2.47. The zero-order chi connectivity index (χ0) is 17.9. The van der Waals surface area contributed by atoms with Gasteiger partial charge in [0.05, 0.1) is 23.8 Å². The number of rotatable bonds is 5. The topological polar surface area (TPSA) is 74.7 Å². The van der Waals surface area contributed by atoms with Gasteiger partial charge < -0.3 is 5.11 Å². The number of aliphatic hydroxyl groups is 1. The zero-order valence-electron chi connectivity index (χ0n) is 14.9. The maximum atomic E-state index is 13.0. The summed E-state index contributed by atoms with van der Waals surface area (Å²) < 4.78 is 26.8. The fourth-order valence-corrected chi connectivity index (χ4v) is 8.10. The van der Waals surface area contributed by atoms with Crippen LogP contribution in [0.3, 0.4) is 0 Å². The van der Waals surface area contributed by atoms with Crippen LogP contribution in [0.2, 0.25) is 0 Å². The van der Waals surface area contributed by atoms with Gasteiger partial charge in [-0.3, -0.25) is 4.79 Å². The Bertz CT molecular complexity index is 656. The number of allylic oxidation sites excluding steroid dienone is 1. The van der Waals surface area contributed by atoms with Gasteiger partial charge in [-0.05, 0) is 43.4 Å². The Hall–Kier alpha value is -0.880. The summed E-state index contributed by atoms with van der Waals surface area (Å²) in [5, 5.41) is 10.2. The molecular formula is C18H29NO4S. The molecule has 3 fully saturated rings. The molecule has 1 aliphatic heterocycles. The van der Waals surface area contributed by atoms with Crippen LogP contribution in [0.25, 0.3) is 0 Å². The highest BCUT2D eigenvalue weighted by Gasteiger charge is 2.72. The van der Waals surface area contributed by atoms with Gasteiger partial charge in [-0.2, -0.15) is 0 Å². The Morgan fingerprint density at radius 3 is 2.71 bits per heavy atom. The number of carbonyl (C=O) groups is 1. The van der Waals surface area contributed by atoms with Gasteiger partial charge in [0, 0.05) is 5.41 Å². The zero-order valence-corrected chi connectivity index (χ0v) is 15.7. The SMILES string of the molecule is C=CCC[C@@H](O)C(C)C(=O)N1[C@H]2CC3CC[C@@]2(CS1(=O)=O)C3(C)C. The molecule has 1 amide bonds. The highest BCUT2D eigenvalue weighted by molar-refractivity contribution is 7.90. The van der Waals surface area contributed by atoms with Crippen molar-refractivity contribution in [1.29, 1.82) is 0 Å². The first-order valence-electron chi connectivity index (χ1n) is 8.93. The lowest BCUT2D eigenvalue weighted by atomic mass is 9.69. The lowest BCUT2D eigenvalue weighted by molar-refractivity contribution is -0.136. The molecule has 3 rings (SSSR count). The van der Waals surface area contributed by atoms with E-state index < -0.39 is 28.0 Å². The molecule has 0 aromatic heterocycles. The van der Waals surface area contributed by atoms with Crippen LogP contribution < -0.4 is 0 Å². The summed E-state index contributed by atoms with van der Waals surface area (Å²) in [6.45, 7) is 9.58. The van der Waals surface area contributed by atoms with Crippen molar-refractivity contribution < 1.29 is 18.3 Å². The third-order valence-electron chi connectivity index (χ3n) is 7.26. The number of sulfonamides is 1. The fraction of sp³-hybridized carbons (Fsp3) is 0.833. The highest BCUT2D eigenvalue weighted by atomic mass is 32.2. The molecule has 5 atom stereocenters. The predicted molar refractivity (Wildman–Crippen MR) is 92.6 cm³/mol. The minimum absolute atomic E-state index is 0.0511. The summed E-state index contributed by atoms with van der Waals surface area (Å²) in [4.78, 5) is 13.0. The van der Waals surface area contributed by atoms with Crippen LogP contribution in [0.5, 0.6) is 0 Å². The lowest BCUT2D eigenvalue weighted by Gasteiger charge is -2.37. The third-order valence-corrected chi connectivity index (χ3v) is 9.18. The van der Waals surface area contributed by atoms with Gasteiger partial charge in [-0.1, -0.05) is 26.8 Å². The van der Waals surface area contributed by atoms with E-state index in [2.05, 4.69) is 20.4 Å². The van der Waals surface area contributed by atoms with E-state index in [1.54, 1.807) is 13.0 Å². The molecule has 2 unspecified atom stereocenters. The second-order valence-corrected chi connectivity index (χ2v) is 10.3. The molecule has 0 radical (unpaired) electrons.